The number of carbonyl (C=O) groups is 1. The molecule has 1 atom stereocenters. The summed E-state index contributed by atoms with van der Waals surface area (Å²) in [5.74, 6) is -2.32. The van der Waals surface area contributed by atoms with Gasteiger partial charge in [-0.3, -0.25) is 25.0 Å². The monoisotopic (exact) mass is 331 g/mol. The van der Waals surface area contributed by atoms with Gasteiger partial charge in [0.15, 0.2) is 0 Å². The lowest BCUT2D eigenvalue weighted by Crippen LogP contribution is -2.13. The van der Waals surface area contributed by atoms with Gasteiger partial charge in [0, 0.05) is 12.0 Å². The molecule has 0 aliphatic heterocycles. The third kappa shape index (κ3) is 3.29. The Hall–Kier alpha value is -3.49. The second-order valence-corrected chi connectivity index (χ2v) is 5.01. The van der Waals surface area contributed by atoms with E-state index in [9.17, 15) is 25.0 Å². The summed E-state index contributed by atoms with van der Waals surface area (Å²) in [4.78, 5) is 32.3. The minimum absolute atomic E-state index is 0.257. The number of benzene rings is 2. The molecule has 0 saturated heterocycles. The topological polar surface area (TPSA) is 150 Å². The molecular weight excluding hydrogens is 318 g/mol. The van der Waals surface area contributed by atoms with E-state index in [2.05, 4.69) is 0 Å². The van der Waals surface area contributed by atoms with Crippen molar-refractivity contribution in [2.24, 2.45) is 0 Å². The lowest BCUT2D eigenvalue weighted by atomic mass is 9.86. The fraction of sp³-hybridized carbons (Fsp3) is 0.133. The molecule has 24 heavy (non-hydrogen) atoms. The number of aliphatic carboxylic acids is 1. The molecule has 0 spiro atoms. The number of rotatable bonds is 6. The van der Waals surface area contributed by atoms with Crippen molar-refractivity contribution in [2.45, 2.75) is 12.3 Å². The number of nitrogens with zero attached hydrogens (tertiary/aromatic N) is 2. The maximum Gasteiger partial charge on any atom is 0.304 e. The molecule has 0 heterocycles. The van der Waals surface area contributed by atoms with Gasteiger partial charge in [0.05, 0.1) is 16.3 Å². The van der Waals surface area contributed by atoms with Crippen LogP contribution < -0.4 is 5.73 Å². The Morgan fingerprint density at radius 3 is 2.21 bits per heavy atom. The van der Waals surface area contributed by atoms with Crippen LogP contribution in [-0.4, -0.2) is 20.9 Å². The minimum Gasteiger partial charge on any atom is -0.481 e. The Bertz CT molecular complexity index is 806. The summed E-state index contributed by atoms with van der Waals surface area (Å²) >= 11 is 0. The molecule has 124 valence electrons. The molecule has 9 nitrogen and oxygen atoms in total. The Morgan fingerprint density at radius 1 is 1.08 bits per heavy atom. The van der Waals surface area contributed by atoms with Crippen LogP contribution in [0.4, 0.5) is 17.1 Å². The van der Waals surface area contributed by atoms with Crippen LogP contribution in [0, 0.1) is 20.2 Å². The van der Waals surface area contributed by atoms with Gasteiger partial charge < -0.3 is 10.8 Å². The van der Waals surface area contributed by atoms with E-state index >= 15 is 0 Å². The number of nitro benzene ring substituents is 2. The number of carboxylic acid groups (broad SMARTS) is 1. The second-order valence-electron chi connectivity index (χ2n) is 5.01. The van der Waals surface area contributed by atoms with Crippen molar-refractivity contribution in [1.29, 1.82) is 0 Å². The molecule has 0 radical (unpaired) electrons. The molecule has 0 bridgehead atoms. The summed E-state index contributed by atoms with van der Waals surface area (Å²) in [5, 5.41) is 31.9. The fourth-order valence-electron chi connectivity index (χ4n) is 2.57. The first-order chi connectivity index (χ1) is 11.3. The minimum atomic E-state index is -1.24. The van der Waals surface area contributed by atoms with Gasteiger partial charge >= 0.3 is 11.7 Å². The van der Waals surface area contributed by atoms with Crippen LogP contribution >= 0.6 is 0 Å². The van der Waals surface area contributed by atoms with Crippen molar-refractivity contribution in [2.75, 3.05) is 5.73 Å². The van der Waals surface area contributed by atoms with Crippen molar-refractivity contribution < 1.29 is 19.7 Å². The van der Waals surface area contributed by atoms with Crippen molar-refractivity contribution in [3.8, 4) is 0 Å². The number of nitrogen functional groups attached to an aromatic ring is 1. The predicted molar refractivity (Wildman–Crippen MR) is 84.7 cm³/mol. The van der Waals surface area contributed by atoms with Gasteiger partial charge in [-0.25, -0.2) is 0 Å². The lowest BCUT2D eigenvalue weighted by molar-refractivity contribution is -0.395. The Morgan fingerprint density at radius 2 is 1.71 bits per heavy atom. The quantitative estimate of drug-likeness (QED) is 0.469. The van der Waals surface area contributed by atoms with Gasteiger partial charge in [0.1, 0.15) is 11.3 Å². The molecule has 2 rings (SSSR count). The molecule has 2 aromatic carbocycles. The van der Waals surface area contributed by atoms with Crippen LogP contribution in [0.25, 0.3) is 0 Å². The third-order valence-electron chi connectivity index (χ3n) is 3.53. The van der Waals surface area contributed by atoms with Crippen LogP contribution in [0.2, 0.25) is 0 Å². The van der Waals surface area contributed by atoms with Crippen LogP contribution in [0.1, 0.15) is 23.5 Å². The summed E-state index contributed by atoms with van der Waals surface area (Å²) in [6.07, 6.45) is -0.546. The normalized spacial score (nSPS) is 11.7. The highest BCUT2D eigenvalue weighted by Crippen LogP contribution is 2.43. The van der Waals surface area contributed by atoms with E-state index in [1.165, 1.54) is 0 Å². The first-order valence-corrected chi connectivity index (χ1v) is 6.80. The molecule has 0 saturated carbocycles. The lowest BCUT2D eigenvalue weighted by Gasteiger charge is -2.17. The van der Waals surface area contributed by atoms with Crippen LogP contribution in [0.5, 0.6) is 0 Å². The maximum atomic E-state index is 11.4. The summed E-state index contributed by atoms with van der Waals surface area (Å²) in [7, 11) is 0. The van der Waals surface area contributed by atoms with E-state index in [-0.39, 0.29) is 11.3 Å². The highest BCUT2D eigenvalue weighted by molar-refractivity contribution is 5.75. The summed E-state index contributed by atoms with van der Waals surface area (Å²) < 4.78 is 0. The Labute approximate surface area is 135 Å². The summed E-state index contributed by atoms with van der Waals surface area (Å²) in [6.45, 7) is 0. The number of anilines is 1. The van der Waals surface area contributed by atoms with Crippen LogP contribution in [0.3, 0.4) is 0 Å². The van der Waals surface area contributed by atoms with E-state index in [4.69, 9.17) is 10.8 Å². The van der Waals surface area contributed by atoms with Gasteiger partial charge in [0.2, 0.25) is 0 Å². The smallest absolute Gasteiger partial charge is 0.304 e. The molecule has 0 aromatic heterocycles. The van der Waals surface area contributed by atoms with Crippen LogP contribution in [0.15, 0.2) is 42.5 Å². The average molecular weight is 331 g/mol. The first kappa shape index (κ1) is 16.9. The summed E-state index contributed by atoms with van der Waals surface area (Å²) in [6, 6.07) is 10.2. The Balaban J connectivity index is 2.81. The largest absolute Gasteiger partial charge is 0.481 e. The number of nitrogens with two attached hydrogens (primary N) is 1. The zero-order valence-electron chi connectivity index (χ0n) is 12.3. The van der Waals surface area contributed by atoms with Crippen molar-refractivity contribution >= 4 is 23.0 Å². The molecule has 0 amide bonds. The highest BCUT2D eigenvalue weighted by atomic mass is 16.6. The van der Waals surface area contributed by atoms with Crippen molar-refractivity contribution in [3.05, 3.63) is 73.8 Å². The Kier molecular flexibility index (Phi) is 4.73. The van der Waals surface area contributed by atoms with E-state index in [1.54, 1.807) is 30.3 Å². The third-order valence-corrected chi connectivity index (χ3v) is 3.53. The van der Waals surface area contributed by atoms with Gasteiger partial charge in [-0.05, 0) is 11.6 Å². The molecule has 0 fully saturated rings. The van der Waals surface area contributed by atoms with E-state index in [0.29, 0.717) is 5.56 Å². The molecule has 9 heteroatoms. The zero-order chi connectivity index (χ0) is 17.9. The first-order valence-electron chi connectivity index (χ1n) is 6.80. The van der Waals surface area contributed by atoms with Gasteiger partial charge in [-0.15, -0.1) is 0 Å². The highest BCUT2D eigenvalue weighted by Gasteiger charge is 2.35. The second kappa shape index (κ2) is 6.73. The van der Waals surface area contributed by atoms with Crippen LogP contribution in [-0.2, 0) is 4.79 Å². The fourth-order valence-corrected chi connectivity index (χ4v) is 2.57. The molecule has 1 unspecified atom stereocenters. The SMILES string of the molecule is Nc1ccc([N+](=O)[O-])c(C(CC(=O)O)c2ccccc2)c1[N+](=O)[O-]. The maximum absolute atomic E-state index is 11.4. The molecule has 3 N–H and O–H groups in total. The number of nitro groups is 2. The van der Waals surface area contributed by atoms with E-state index in [1.807, 2.05) is 0 Å². The van der Waals surface area contributed by atoms with Crippen molar-refractivity contribution in [3.63, 3.8) is 0 Å². The number of carboxylic acids is 1. The molecular formula is C15H13N3O6. The number of hydrogen-bond acceptors (Lipinski definition) is 6. The van der Waals surface area contributed by atoms with E-state index < -0.39 is 39.5 Å². The van der Waals surface area contributed by atoms with Gasteiger partial charge in [-0.2, -0.15) is 0 Å². The van der Waals surface area contributed by atoms with Gasteiger partial charge in [-0.1, -0.05) is 30.3 Å². The van der Waals surface area contributed by atoms with Gasteiger partial charge in [0.25, 0.3) is 5.69 Å². The van der Waals surface area contributed by atoms with Crippen molar-refractivity contribution in [1.82, 2.24) is 0 Å². The molecule has 2 aromatic rings. The molecule has 0 aliphatic carbocycles. The predicted octanol–water partition coefficient (Wildman–Crippen LogP) is 2.69. The zero-order valence-corrected chi connectivity index (χ0v) is 12.3. The molecule has 0 aliphatic rings. The summed E-state index contributed by atoms with van der Waals surface area (Å²) in [5.41, 5.74) is 4.30. The van der Waals surface area contributed by atoms with E-state index in [0.717, 1.165) is 12.1 Å². The average Bonchev–Trinajstić information content (AvgIpc) is 2.52. The number of hydrogen-bond donors (Lipinski definition) is 2. The standard InChI is InChI=1S/C15H13N3O6/c16-11-6-7-12(17(21)22)14(15(11)18(23)24)10(8-13(19)20)9-4-2-1-3-5-9/h1-7,10H,8,16H2,(H,19,20).